The first-order valence-corrected chi connectivity index (χ1v) is 20.4. The summed E-state index contributed by atoms with van der Waals surface area (Å²) in [6.07, 6.45) is -7.96. The molecule has 0 radical (unpaired) electrons. The van der Waals surface area contributed by atoms with Crippen molar-refractivity contribution in [3.63, 3.8) is 0 Å². The minimum absolute atomic E-state index is 0.0211. The smallest absolute Gasteiger partial charge is 0.335 e. The number of fused-ring (bicyclic) bond motifs is 7. The molecular formula is C41H64O14. The van der Waals surface area contributed by atoms with E-state index in [-0.39, 0.29) is 59.0 Å². The summed E-state index contributed by atoms with van der Waals surface area (Å²) in [4.78, 5) is 25.2. The van der Waals surface area contributed by atoms with E-state index in [4.69, 9.17) is 18.9 Å². The molecule has 312 valence electrons. The molecule has 7 rings (SSSR count). The van der Waals surface area contributed by atoms with E-state index in [1.54, 1.807) is 0 Å². The van der Waals surface area contributed by atoms with Gasteiger partial charge in [0.05, 0.1) is 24.7 Å². The molecule has 5 aliphatic carbocycles. The summed E-state index contributed by atoms with van der Waals surface area (Å²) in [6, 6.07) is 0. The summed E-state index contributed by atoms with van der Waals surface area (Å²) in [5, 5.41) is 84.7. The van der Waals surface area contributed by atoms with Gasteiger partial charge in [-0.05, 0) is 117 Å². The number of carbonyl (C=O) groups is 2. The van der Waals surface area contributed by atoms with Crippen LogP contribution in [0, 0.1) is 56.7 Å². The van der Waals surface area contributed by atoms with Gasteiger partial charge in [-0.25, -0.2) is 4.79 Å². The van der Waals surface area contributed by atoms with E-state index in [0.717, 1.165) is 50.5 Å². The first-order chi connectivity index (χ1) is 25.7. The molecule has 0 amide bonds. The molecule has 14 heteroatoms. The standard InChI is InChI=1S/C41H64O14/c1-19(2)20-9-14-41(36(50)51)16-15-39(5)21(26(20)41)7-8-24-37(3)12-11-25(38(4,18-42)23(37)10-13-40(24,39)6)53-35-32(29(46)28(45)31(54-35)33(48)49)55-34-30(47)27(44)22(43)17-52-34/h20-32,34-35,42-47H,1,7-18H2,2-6H3,(H,48,49)(H,50,51). The van der Waals surface area contributed by atoms with Crippen LogP contribution in [-0.2, 0) is 28.5 Å². The van der Waals surface area contributed by atoms with Crippen LogP contribution < -0.4 is 0 Å². The number of aliphatic hydroxyl groups excluding tert-OH is 6. The van der Waals surface area contributed by atoms with Crippen LogP contribution in [0.5, 0.6) is 0 Å². The predicted molar refractivity (Wildman–Crippen MR) is 194 cm³/mol. The predicted octanol–water partition coefficient (Wildman–Crippen LogP) is 2.44. The SMILES string of the molecule is C=C(C)C1CCC2(C(=O)O)CCC3(C)C(CCC4C5(C)CCC(OC6OC(C(=O)O)C(O)C(O)C6OC6OCC(O)C(O)C6O)C(C)(CO)C5CCC43C)C12. The molecule has 8 N–H and O–H groups in total. The summed E-state index contributed by atoms with van der Waals surface area (Å²) in [7, 11) is 0. The monoisotopic (exact) mass is 780 g/mol. The quantitative estimate of drug-likeness (QED) is 0.131. The van der Waals surface area contributed by atoms with Crippen molar-refractivity contribution in [2.24, 2.45) is 56.7 Å². The van der Waals surface area contributed by atoms with Gasteiger partial charge in [-0.15, -0.1) is 0 Å². The second kappa shape index (κ2) is 14.2. The van der Waals surface area contributed by atoms with Crippen molar-refractivity contribution in [3.8, 4) is 0 Å². The molecule has 7 fully saturated rings. The molecule has 0 aromatic heterocycles. The fraction of sp³-hybridized carbons (Fsp3) is 0.902. The lowest BCUT2D eigenvalue weighted by Gasteiger charge is -2.73. The van der Waals surface area contributed by atoms with Gasteiger partial charge in [0.1, 0.15) is 36.6 Å². The van der Waals surface area contributed by atoms with Crippen molar-refractivity contribution in [2.75, 3.05) is 13.2 Å². The van der Waals surface area contributed by atoms with E-state index in [2.05, 4.69) is 34.3 Å². The van der Waals surface area contributed by atoms with Crippen molar-refractivity contribution in [1.29, 1.82) is 0 Å². The molecule has 0 aromatic rings. The Hall–Kier alpha value is -1.72. The van der Waals surface area contributed by atoms with E-state index in [9.17, 15) is 50.4 Å². The van der Waals surface area contributed by atoms with Crippen LogP contribution in [0.15, 0.2) is 12.2 Å². The van der Waals surface area contributed by atoms with Gasteiger partial charge in [0.25, 0.3) is 0 Å². The van der Waals surface area contributed by atoms with Crippen LogP contribution >= 0.6 is 0 Å². The molecule has 7 aliphatic rings. The molecule has 20 unspecified atom stereocenters. The van der Waals surface area contributed by atoms with Crippen molar-refractivity contribution < 1.29 is 69.4 Å². The molecule has 0 spiro atoms. The van der Waals surface area contributed by atoms with Crippen molar-refractivity contribution in [3.05, 3.63) is 12.2 Å². The molecule has 2 saturated heterocycles. The number of hydrogen-bond acceptors (Lipinski definition) is 12. The number of allylic oxidation sites excluding steroid dienone is 1. The van der Waals surface area contributed by atoms with Gasteiger partial charge in [0.2, 0.25) is 0 Å². The van der Waals surface area contributed by atoms with Crippen LogP contribution in [0.25, 0.3) is 0 Å². The largest absolute Gasteiger partial charge is 0.481 e. The molecule has 2 heterocycles. The third-order valence-corrected chi connectivity index (χ3v) is 17.4. The Bertz CT molecular complexity index is 1510. The number of rotatable bonds is 8. The Morgan fingerprint density at radius 2 is 1.47 bits per heavy atom. The minimum Gasteiger partial charge on any atom is -0.481 e. The maximum atomic E-state index is 13.1. The number of carboxylic acid groups (broad SMARTS) is 2. The fourth-order valence-electron chi connectivity index (χ4n) is 14.3. The number of carboxylic acids is 2. The highest BCUT2D eigenvalue weighted by Crippen LogP contribution is 2.77. The maximum absolute atomic E-state index is 13.1. The van der Waals surface area contributed by atoms with Gasteiger partial charge in [-0.1, -0.05) is 39.8 Å². The first kappa shape index (κ1) is 41.4. The third kappa shape index (κ3) is 5.93. The van der Waals surface area contributed by atoms with Crippen LogP contribution in [-0.4, -0.2) is 127 Å². The Kier molecular flexibility index (Phi) is 10.7. The summed E-state index contributed by atoms with van der Waals surface area (Å²) in [5.41, 5.74) is -0.866. The molecular weight excluding hydrogens is 716 g/mol. The van der Waals surface area contributed by atoms with E-state index >= 15 is 0 Å². The Morgan fingerprint density at radius 3 is 2.11 bits per heavy atom. The summed E-state index contributed by atoms with van der Waals surface area (Å²) >= 11 is 0. The lowest BCUT2D eigenvalue weighted by molar-refractivity contribution is -0.368. The van der Waals surface area contributed by atoms with Gasteiger partial charge >= 0.3 is 11.9 Å². The van der Waals surface area contributed by atoms with Crippen LogP contribution in [0.3, 0.4) is 0 Å². The molecule has 14 nitrogen and oxygen atoms in total. The van der Waals surface area contributed by atoms with E-state index < -0.39 is 84.2 Å². The highest BCUT2D eigenvalue weighted by molar-refractivity contribution is 5.76. The number of hydrogen-bond donors (Lipinski definition) is 8. The third-order valence-electron chi connectivity index (χ3n) is 17.4. The molecule has 5 saturated carbocycles. The Balaban J connectivity index is 1.16. The number of ether oxygens (including phenoxy) is 4. The summed E-state index contributed by atoms with van der Waals surface area (Å²) in [5.74, 6) is -1.42. The van der Waals surface area contributed by atoms with Gasteiger partial charge in [-0.2, -0.15) is 0 Å². The van der Waals surface area contributed by atoms with Gasteiger partial charge < -0.3 is 59.8 Å². The van der Waals surface area contributed by atoms with Crippen LogP contribution in [0.4, 0.5) is 0 Å². The summed E-state index contributed by atoms with van der Waals surface area (Å²) in [6.45, 7) is 15.0. The molecule has 0 bridgehead atoms. The lowest BCUT2D eigenvalue weighted by atomic mass is 9.32. The second-order valence-electron chi connectivity index (χ2n) is 19.6. The minimum atomic E-state index is -1.93. The molecule has 0 aromatic carbocycles. The zero-order chi connectivity index (χ0) is 40.2. The Labute approximate surface area is 323 Å². The maximum Gasteiger partial charge on any atom is 0.335 e. The van der Waals surface area contributed by atoms with Gasteiger partial charge in [0.15, 0.2) is 18.7 Å². The average Bonchev–Trinajstić information content (AvgIpc) is 3.54. The molecule has 20 atom stereocenters. The van der Waals surface area contributed by atoms with Crippen LogP contribution in [0.1, 0.15) is 98.8 Å². The first-order valence-electron chi connectivity index (χ1n) is 20.4. The van der Waals surface area contributed by atoms with Crippen molar-refractivity contribution in [1.82, 2.24) is 0 Å². The normalized spacial score (nSPS) is 55.0. The topological polar surface area (TPSA) is 233 Å². The van der Waals surface area contributed by atoms with E-state index in [1.807, 2.05) is 6.92 Å². The number of aliphatic hydroxyl groups is 6. The highest BCUT2D eigenvalue weighted by Gasteiger charge is 2.72. The van der Waals surface area contributed by atoms with Crippen LogP contribution in [0.2, 0.25) is 0 Å². The summed E-state index contributed by atoms with van der Waals surface area (Å²) < 4.78 is 23.7. The highest BCUT2D eigenvalue weighted by atomic mass is 16.8. The molecule has 55 heavy (non-hydrogen) atoms. The van der Waals surface area contributed by atoms with Crippen molar-refractivity contribution in [2.45, 2.75) is 160 Å². The second-order valence-corrected chi connectivity index (χ2v) is 19.6. The molecule has 2 aliphatic heterocycles. The zero-order valence-corrected chi connectivity index (χ0v) is 32.9. The number of aliphatic carboxylic acids is 2. The van der Waals surface area contributed by atoms with E-state index in [1.165, 1.54) is 0 Å². The zero-order valence-electron chi connectivity index (χ0n) is 32.9. The fourth-order valence-corrected chi connectivity index (χ4v) is 14.3. The van der Waals surface area contributed by atoms with Gasteiger partial charge in [0, 0.05) is 5.41 Å². The van der Waals surface area contributed by atoms with E-state index in [0.29, 0.717) is 19.3 Å². The average molecular weight is 781 g/mol. The Morgan fingerprint density at radius 1 is 0.764 bits per heavy atom. The van der Waals surface area contributed by atoms with Gasteiger partial charge in [-0.3, -0.25) is 4.79 Å². The lowest BCUT2D eigenvalue weighted by Crippen LogP contribution is -2.68. The van der Waals surface area contributed by atoms with Crippen molar-refractivity contribution >= 4 is 11.9 Å².